The molecular weight excluding hydrogens is 273 g/mol. The molecule has 0 spiro atoms. The molecule has 1 aliphatic heterocycles. The Balaban J connectivity index is 1.83. The van der Waals surface area contributed by atoms with E-state index in [1.54, 1.807) is 12.1 Å². The number of carboxylic acid groups (broad SMARTS) is 1. The van der Waals surface area contributed by atoms with E-state index in [2.05, 4.69) is 9.80 Å². The maximum atomic E-state index is 13.8. The fourth-order valence-corrected chi connectivity index (χ4v) is 2.41. The standard InChI is InChI=1S/C15H18FN3O2/c16-14-9-12(10-17)1-2-13(14)11-19-7-5-18(6-8-19)4-3-15(20)21/h1-2,9H,3-8,11H2,(H,20,21). The number of benzene rings is 1. The van der Waals surface area contributed by atoms with Gasteiger partial charge in [-0.05, 0) is 12.1 Å². The largest absolute Gasteiger partial charge is 0.481 e. The fourth-order valence-electron chi connectivity index (χ4n) is 2.41. The average molecular weight is 291 g/mol. The summed E-state index contributed by atoms with van der Waals surface area (Å²) in [5.41, 5.74) is 0.919. The van der Waals surface area contributed by atoms with Gasteiger partial charge in [0.25, 0.3) is 0 Å². The maximum absolute atomic E-state index is 13.8. The summed E-state index contributed by atoms with van der Waals surface area (Å²) in [6.45, 7) is 4.26. The fraction of sp³-hybridized carbons (Fsp3) is 0.467. The lowest BCUT2D eigenvalue weighted by Gasteiger charge is -2.34. The monoisotopic (exact) mass is 291 g/mol. The third kappa shape index (κ3) is 4.52. The molecule has 0 aromatic heterocycles. The molecule has 0 atom stereocenters. The Hall–Kier alpha value is -1.97. The van der Waals surface area contributed by atoms with Gasteiger partial charge in [-0.1, -0.05) is 6.07 Å². The number of nitrogens with zero attached hydrogens (tertiary/aromatic N) is 3. The number of halogens is 1. The first-order valence-electron chi connectivity index (χ1n) is 6.93. The molecule has 1 aromatic rings. The van der Waals surface area contributed by atoms with Crippen molar-refractivity contribution in [2.24, 2.45) is 0 Å². The van der Waals surface area contributed by atoms with E-state index in [4.69, 9.17) is 10.4 Å². The van der Waals surface area contributed by atoms with Crippen LogP contribution in [0.1, 0.15) is 17.5 Å². The van der Waals surface area contributed by atoms with Gasteiger partial charge in [-0.2, -0.15) is 5.26 Å². The minimum Gasteiger partial charge on any atom is -0.481 e. The molecule has 1 N–H and O–H groups in total. The highest BCUT2D eigenvalue weighted by Crippen LogP contribution is 2.14. The van der Waals surface area contributed by atoms with Gasteiger partial charge < -0.3 is 10.0 Å². The molecule has 1 aromatic carbocycles. The number of hydrogen-bond donors (Lipinski definition) is 1. The molecule has 0 saturated carbocycles. The molecule has 0 unspecified atom stereocenters. The zero-order valence-electron chi connectivity index (χ0n) is 11.8. The first kappa shape index (κ1) is 15.4. The van der Waals surface area contributed by atoms with Gasteiger partial charge in [0.05, 0.1) is 18.1 Å². The van der Waals surface area contributed by atoms with Crippen LogP contribution in [-0.2, 0) is 11.3 Å². The lowest BCUT2D eigenvalue weighted by molar-refractivity contribution is -0.137. The summed E-state index contributed by atoms with van der Waals surface area (Å²) < 4.78 is 13.8. The zero-order chi connectivity index (χ0) is 15.2. The maximum Gasteiger partial charge on any atom is 0.304 e. The molecule has 0 aliphatic carbocycles. The minimum atomic E-state index is -0.780. The van der Waals surface area contributed by atoms with E-state index in [0.29, 0.717) is 24.2 Å². The molecule has 1 aliphatic rings. The summed E-state index contributed by atoms with van der Waals surface area (Å²) in [6.07, 6.45) is 0.157. The van der Waals surface area contributed by atoms with Crippen LogP contribution in [0.4, 0.5) is 4.39 Å². The van der Waals surface area contributed by atoms with E-state index in [1.807, 2.05) is 6.07 Å². The van der Waals surface area contributed by atoms with Crippen molar-refractivity contribution in [3.8, 4) is 6.07 Å². The smallest absolute Gasteiger partial charge is 0.304 e. The van der Waals surface area contributed by atoms with E-state index in [0.717, 1.165) is 26.2 Å². The number of carboxylic acids is 1. The SMILES string of the molecule is N#Cc1ccc(CN2CCN(CCC(=O)O)CC2)c(F)c1. The van der Waals surface area contributed by atoms with Crippen molar-refractivity contribution in [1.29, 1.82) is 5.26 Å². The summed E-state index contributed by atoms with van der Waals surface area (Å²) in [5.74, 6) is -1.13. The predicted molar refractivity (Wildman–Crippen MR) is 75.1 cm³/mol. The molecule has 6 heteroatoms. The van der Waals surface area contributed by atoms with E-state index in [-0.39, 0.29) is 12.2 Å². The average Bonchev–Trinajstić information content (AvgIpc) is 2.48. The molecule has 1 heterocycles. The van der Waals surface area contributed by atoms with Gasteiger partial charge in [0.2, 0.25) is 0 Å². The quantitative estimate of drug-likeness (QED) is 0.885. The van der Waals surface area contributed by atoms with Gasteiger partial charge in [-0.3, -0.25) is 9.69 Å². The summed E-state index contributed by atoms with van der Waals surface area (Å²) in [5, 5.41) is 17.4. The first-order valence-corrected chi connectivity index (χ1v) is 6.93. The Labute approximate surface area is 123 Å². The summed E-state index contributed by atoms with van der Waals surface area (Å²) >= 11 is 0. The summed E-state index contributed by atoms with van der Waals surface area (Å²) in [4.78, 5) is 14.8. The van der Waals surface area contributed by atoms with Gasteiger partial charge in [0.1, 0.15) is 5.82 Å². The topological polar surface area (TPSA) is 67.6 Å². The van der Waals surface area contributed by atoms with Gasteiger partial charge in [0, 0.05) is 44.8 Å². The second kappa shape index (κ2) is 7.16. The third-order valence-corrected chi connectivity index (χ3v) is 3.68. The number of carbonyl (C=O) groups is 1. The van der Waals surface area contributed by atoms with Crippen LogP contribution in [0.25, 0.3) is 0 Å². The lowest BCUT2D eigenvalue weighted by Crippen LogP contribution is -2.46. The number of nitriles is 1. The second-order valence-corrected chi connectivity index (χ2v) is 5.18. The minimum absolute atomic E-state index is 0.157. The third-order valence-electron chi connectivity index (χ3n) is 3.68. The van der Waals surface area contributed by atoms with E-state index in [9.17, 15) is 9.18 Å². The van der Waals surface area contributed by atoms with Crippen LogP contribution in [0.3, 0.4) is 0 Å². The Bertz CT molecular complexity index is 548. The molecule has 2 rings (SSSR count). The number of hydrogen-bond acceptors (Lipinski definition) is 4. The van der Waals surface area contributed by atoms with Crippen LogP contribution in [0.5, 0.6) is 0 Å². The number of rotatable bonds is 5. The van der Waals surface area contributed by atoms with Gasteiger partial charge in [-0.15, -0.1) is 0 Å². The summed E-state index contributed by atoms with van der Waals surface area (Å²) in [6, 6.07) is 6.47. The highest BCUT2D eigenvalue weighted by Gasteiger charge is 2.18. The normalized spacial score (nSPS) is 16.6. The van der Waals surface area contributed by atoms with Gasteiger partial charge in [0.15, 0.2) is 0 Å². The zero-order valence-corrected chi connectivity index (χ0v) is 11.8. The van der Waals surface area contributed by atoms with Crippen molar-refractivity contribution in [3.05, 3.63) is 35.1 Å². The van der Waals surface area contributed by atoms with E-state index >= 15 is 0 Å². The molecule has 112 valence electrons. The second-order valence-electron chi connectivity index (χ2n) is 5.18. The molecule has 0 amide bonds. The Kier molecular flexibility index (Phi) is 5.26. The van der Waals surface area contributed by atoms with Crippen LogP contribution in [0, 0.1) is 17.1 Å². The molecule has 1 fully saturated rings. The highest BCUT2D eigenvalue weighted by molar-refractivity contribution is 5.66. The van der Waals surface area contributed by atoms with Crippen molar-refractivity contribution in [1.82, 2.24) is 9.80 Å². The van der Waals surface area contributed by atoms with Crippen molar-refractivity contribution < 1.29 is 14.3 Å². The van der Waals surface area contributed by atoms with Crippen molar-refractivity contribution in [2.75, 3.05) is 32.7 Å². The highest BCUT2D eigenvalue weighted by atomic mass is 19.1. The summed E-state index contributed by atoms with van der Waals surface area (Å²) in [7, 11) is 0. The van der Waals surface area contributed by atoms with Crippen LogP contribution < -0.4 is 0 Å². The van der Waals surface area contributed by atoms with Crippen molar-refractivity contribution in [2.45, 2.75) is 13.0 Å². The molecule has 0 bridgehead atoms. The lowest BCUT2D eigenvalue weighted by atomic mass is 10.1. The Morgan fingerprint density at radius 2 is 1.95 bits per heavy atom. The van der Waals surface area contributed by atoms with Crippen LogP contribution in [-0.4, -0.2) is 53.6 Å². The molecule has 5 nitrogen and oxygen atoms in total. The molecule has 21 heavy (non-hydrogen) atoms. The molecule has 0 radical (unpaired) electrons. The molecular formula is C15H18FN3O2. The first-order chi connectivity index (χ1) is 10.1. The Morgan fingerprint density at radius 1 is 1.29 bits per heavy atom. The number of aliphatic carboxylic acids is 1. The van der Waals surface area contributed by atoms with Gasteiger partial charge >= 0.3 is 5.97 Å². The van der Waals surface area contributed by atoms with Crippen LogP contribution in [0.15, 0.2) is 18.2 Å². The Morgan fingerprint density at radius 3 is 2.52 bits per heavy atom. The van der Waals surface area contributed by atoms with Gasteiger partial charge in [-0.25, -0.2) is 4.39 Å². The van der Waals surface area contributed by atoms with E-state index in [1.165, 1.54) is 6.07 Å². The van der Waals surface area contributed by atoms with Crippen LogP contribution in [0.2, 0.25) is 0 Å². The number of piperazine rings is 1. The van der Waals surface area contributed by atoms with E-state index < -0.39 is 5.97 Å². The van der Waals surface area contributed by atoms with Crippen molar-refractivity contribution >= 4 is 5.97 Å². The van der Waals surface area contributed by atoms with Crippen molar-refractivity contribution in [3.63, 3.8) is 0 Å². The predicted octanol–water partition coefficient (Wildman–Crippen LogP) is 1.29. The van der Waals surface area contributed by atoms with Crippen LogP contribution >= 0.6 is 0 Å². The molecule has 1 saturated heterocycles.